The van der Waals surface area contributed by atoms with Crippen LogP contribution in [0.5, 0.6) is 11.5 Å². The number of hydrogen-bond donors (Lipinski definition) is 0. The largest absolute Gasteiger partial charge is 0.486 e. The van der Waals surface area contributed by atoms with E-state index in [0.29, 0.717) is 41.8 Å². The molecule has 2 aromatic rings. The lowest BCUT2D eigenvalue weighted by Crippen LogP contribution is -2.28. The summed E-state index contributed by atoms with van der Waals surface area (Å²) in [5.41, 5.74) is 0.466. The molecule has 0 saturated carbocycles. The van der Waals surface area contributed by atoms with E-state index in [9.17, 15) is 4.79 Å². The topological polar surface area (TPSA) is 69.5 Å². The van der Waals surface area contributed by atoms with E-state index in [1.807, 2.05) is 0 Å². The van der Waals surface area contributed by atoms with E-state index in [1.54, 1.807) is 24.1 Å². The Morgan fingerprint density at radius 2 is 2.17 bits per heavy atom. The fourth-order valence-corrected chi connectivity index (χ4v) is 3.33. The fourth-order valence-electron chi connectivity index (χ4n) is 3.07. The Morgan fingerprint density at radius 1 is 1.33 bits per heavy atom. The molecule has 0 fully saturated rings. The van der Waals surface area contributed by atoms with Gasteiger partial charge in [-0.1, -0.05) is 11.6 Å². The first kappa shape index (κ1) is 15.3. The first-order chi connectivity index (χ1) is 11.6. The van der Waals surface area contributed by atoms with Crippen LogP contribution in [-0.2, 0) is 19.5 Å². The van der Waals surface area contributed by atoms with E-state index in [2.05, 4.69) is 14.8 Å². The molecule has 0 atom stereocenters. The third kappa shape index (κ3) is 2.58. The molecule has 0 bridgehead atoms. The minimum absolute atomic E-state index is 0.149. The van der Waals surface area contributed by atoms with Crippen LogP contribution in [0.25, 0.3) is 0 Å². The van der Waals surface area contributed by atoms with Crippen LogP contribution < -0.4 is 9.47 Å². The van der Waals surface area contributed by atoms with Gasteiger partial charge in [0.25, 0.3) is 5.91 Å². The molecule has 24 heavy (non-hydrogen) atoms. The molecule has 4 rings (SSSR count). The van der Waals surface area contributed by atoms with Gasteiger partial charge in [-0.3, -0.25) is 4.79 Å². The number of rotatable bonds is 3. The van der Waals surface area contributed by atoms with Crippen LogP contribution in [0.3, 0.4) is 0 Å². The average Bonchev–Trinajstić information content (AvgIpc) is 3.19. The smallest absolute Gasteiger partial charge is 0.254 e. The van der Waals surface area contributed by atoms with Gasteiger partial charge in [0, 0.05) is 25.6 Å². The summed E-state index contributed by atoms with van der Waals surface area (Å²) in [5, 5.41) is 8.74. The molecule has 0 unspecified atom stereocenters. The van der Waals surface area contributed by atoms with Crippen LogP contribution >= 0.6 is 11.6 Å². The van der Waals surface area contributed by atoms with Gasteiger partial charge in [-0.15, -0.1) is 10.2 Å². The molecule has 0 N–H and O–H groups in total. The predicted molar refractivity (Wildman–Crippen MR) is 86.6 cm³/mol. The number of ether oxygens (including phenoxy) is 2. The molecule has 2 aliphatic heterocycles. The van der Waals surface area contributed by atoms with Crippen LogP contribution in [0, 0.1) is 0 Å². The summed E-state index contributed by atoms with van der Waals surface area (Å²) in [4.78, 5) is 14.3. The van der Waals surface area contributed by atoms with Crippen LogP contribution in [0.15, 0.2) is 12.1 Å². The quantitative estimate of drug-likeness (QED) is 0.847. The molecule has 0 radical (unpaired) electrons. The number of nitrogens with zero attached hydrogens (tertiary/aromatic N) is 4. The first-order valence-electron chi connectivity index (χ1n) is 7.89. The molecule has 3 heterocycles. The third-order valence-electron chi connectivity index (χ3n) is 4.26. The number of fused-ring (bicyclic) bond motifs is 2. The standard InChI is InChI=1S/C16H17ClN4O3/c1-20(9-14-19-18-13-3-2-4-21(13)14)16(22)10-7-11(17)15-12(8-10)23-5-6-24-15/h7-8H,2-6,9H2,1H3. The van der Waals surface area contributed by atoms with Crippen molar-refractivity contribution in [1.82, 2.24) is 19.7 Å². The van der Waals surface area contributed by atoms with E-state index in [4.69, 9.17) is 21.1 Å². The van der Waals surface area contributed by atoms with E-state index < -0.39 is 0 Å². The van der Waals surface area contributed by atoms with Crippen LogP contribution in [0.1, 0.15) is 28.4 Å². The van der Waals surface area contributed by atoms with E-state index in [0.717, 1.165) is 31.0 Å². The van der Waals surface area contributed by atoms with Crippen molar-refractivity contribution in [2.45, 2.75) is 25.9 Å². The molecule has 1 aromatic heterocycles. The van der Waals surface area contributed by atoms with E-state index in [-0.39, 0.29) is 5.91 Å². The summed E-state index contributed by atoms with van der Waals surface area (Å²) in [6.07, 6.45) is 2.02. The Kier molecular flexibility index (Phi) is 3.80. The Balaban J connectivity index is 1.55. The normalized spacial score (nSPS) is 15.2. The summed E-state index contributed by atoms with van der Waals surface area (Å²) in [6, 6.07) is 3.29. The van der Waals surface area contributed by atoms with E-state index >= 15 is 0 Å². The Morgan fingerprint density at radius 3 is 3.04 bits per heavy atom. The zero-order chi connectivity index (χ0) is 16.7. The number of hydrogen-bond acceptors (Lipinski definition) is 5. The van der Waals surface area contributed by atoms with Crippen LogP contribution in [-0.4, -0.2) is 45.8 Å². The lowest BCUT2D eigenvalue weighted by molar-refractivity contribution is 0.0779. The van der Waals surface area contributed by atoms with Crippen molar-refractivity contribution in [3.63, 3.8) is 0 Å². The Labute approximate surface area is 144 Å². The maximum atomic E-state index is 12.7. The van der Waals surface area contributed by atoms with Gasteiger partial charge < -0.3 is 18.9 Å². The Bertz CT molecular complexity index is 805. The van der Waals surface area contributed by atoms with E-state index in [1.165, 1.54) is 0 Å². The molecule has 0 saturated heterocycles. The van der Waals surface area contributed by atoms with Gasteiger partial charge in [0.15, 0.2) is 17.3 Å². The average molecular weight is 349 g/mol. The van der Waals surface area contributed by atoms with Crippen molar-refractivity contribution in [3.8, 4) is 11.5 Å². The molecule has 126 valence electrons. The first-order valence-corrected chi connectivity index (χ1v) is 8.27. The van der Waals surface area contributed by atoms with Gasteiger partial charge >= 0.3 is 0 Å². The lowest BCUT2D eigenvalue weighted by Gasteiger charge is -2.22. The van der Waals surface area contributed by atoms with Crippen molar-refractivity contribution in [1.29, 1.82) is 0 Å². The number of aryl methyl sites for hydroxylation is 1. The summed E-state index contributed by atoms with van der Waals surface area (Å²) in [5.74, 6) is 2.66. The highest BCUT2D eigenvalue weighted by Gasteiger charge is 2.23. The highest BCUT2D eigenvalue weighted by atomic mass is 35.5. The number of carbonyl (C=O) groups is 1. The second-order valence-electron chi connectivity index (χ2n) is 5.93. The maximum Gasteiger partial charge on any atom is 0.254 e. The highest BCUT2D eigenvalue weighted by molar-refractivity contribution is 6.32. The summed E-state index contributed by atoms with van der Waals surface area (Å²) < 4.78 is 13.1. The fraction of sp³-hybridized carbons (Fsp3) is 0.438. The van der Waals surface area contributed by atoms with Crippen molar-refractivity contribution >= 4 is 17.5 Å². The van der Waals surface area contributed by atoms with Crippen molar-refractivity contribution in [2.75, 3.05) is 20.3 Å². The number of benzene rings is 1. The summed E-state index contributed by atoms with van der Waals surface area (Å²) in [7, 11) is 1.74. The second-order valence-corrected chi connectivity index (χ2v) is 6.34. The zero-order valence-corrected chi connectivity index (χ0v) is 14.0. The number of halogens is 1. The lowest BCUT2D eigenvalue weighted by atomic mass is 10.1. The van der Waals surface area contributed by atoms with Gasteiger partial charge in [0.2, 0.25) is 0 Å². The number of aromatic nitrogens is 3. The van der Waals surface area contributed by atoms with Gasteiger partial charge in [0.1, 0.15) is 19.0 Å². The minimum atomic E-state index is -0.149. The van der Waals surface area contributed by atoms with Crippen molar-refractivity contribution < 1.29 is 14.3 Å². The maximum absolute atomic E-state index is 12.7. The zero-order valence-electron chi connectivity index (χ0n) is 13.3. The monoisotopic (exact) mass is 348 g/mol. The highest BCUT2D eigenvalue weighted by Crippen LogP contribution is 2.38. The SMILES string of the molecule is CN(Cc1nnc2n1CCC2)C(=O)c1cc(Cl)c2c(c1)OCCO2. The van der Waals surface area contributed by atoms with Gasteiger partial charge in [-0.25, -0.2) is 0 Å². The van der Waals surface area contributed by atoms with Crippen LogP contribution in [0.4, 0.5) is 0 Å². The molecular formula is C16H17ClN4O3. The molecule has 0 aliphatic carbocycles. The molecule has 1 aromatic carbocycles. The van der Waals surface area contributed by atoms with Crippen LogP contribution in [0.2, 0.25) is 5.02 Å². The van der Waals surface area contributed by atoms with Crippen molar-refractivity contribution in [3.05, 3.63) is 34.4 Å². The summed E-state index contributed by atoms with van der Waals surface area (Å²) in [6.45, 7) is 2.22. The number of amides is 1. The Hall–Kier alpha value is -2.28. The second kappa shape index (κ2) is 5.98. The predicted octanol–water partition coefficient (Wildman–Crippen LogP) is 1.92. The minimum Gasteiger partial charge on any atom is -0.486 e. The third-order valence-corrected chi connectivity index (χ3v) is 4.54. The van der Waals surface area contributed by atoms with Crippen molar-refractivity contribution in [2.24, 2.45) is 0 Å². The number of carbonyl (C=O) groups excluding carboxylic acids is 1. The molecule has 1 amide bonds. The van der Waals surface area contributed by atoms with Gasteiger partial charge in [0.05, 0.1) is 11.6 Å². The molecule has 7 nitrogen and oxygen atoms in total. The van der Waals surface area contributed by atoms with Gasteiger partial charge in [-0.05, 0) is 18.6 Å². The molecule has 0 spiro atoms. The van der Waals surface area contributed by atoms with Gasteiger partial charge in [-0.2, -0.15) is 0 Å². The molecular weight excluding hydrogens is 332 g/mol. The molecule has 2 aliphatic rings. The summed E-state index contributed by atoms with van der Waals surface area (Å²) >= 11 is 6.21. The molecule has 8 heteroatoms.